The number of halogens is 4. The van der Waals surface area contributed by atoms with E-state index in [9.17, 15) is 27.9 Å². The number of hydrogen-bond acceptors (Lipinski definition) is 4. The van der Waals surface area contributed by atoms with Crippen molar-refractivity contribution in [2.24, 2.45) is 5.92 Å². The summed E-state index contributed by atoms with van der Waals surface area (Å²) in [5, 5.41) is 13.0. The molecule has 0 aromatic heterocycles. The second kappa shape index (κ2) is 6.72. The van der Waals surface area contributed by atoms with E-state index in [1.165, 1.54) is 31.2 Å². The smallest absolute Gasteiger partial charge is 0.437 e. The second-order valence-electron chi connectivity index (χ2n) is 5.49. The molecule has 1 aliphatic heterocycles. The van der Waals surface area contributed by atoms with E-state index in [1.807, 2.05) is 0 Å². The molecule has 0 aliphatic carbocycles. The average molecular weight is 381 g/mol. The summed E-state index contributed by atoms with van der Waals surface area (Å²) in [7, 11) is 0.757. The SMILES string of the molecule is CCOC(=O)[C@@H]1[C@H](c2ccc(Cl)cc2)NC(=O)N(C)[C@]1(O)C(F)(F)F. The van der Waals surface area contributed by atoms with Gasteiger partial charge in [0, 0.05) is 12.1 Å². The zero-order valence-electron chi connectivity index (χ0n) is 13.3. The summed E-state index contributed by atoms with van der Waals surface area (Å²) in [6.45, 7) is 1.24. The number of urea groups is 1. The number of ether oxygens (including phenoxy) is 1. The molecule has 2 amide bonds. The van der Waals surface area contributed by atoms with E-state index in [-0.39, 0.29) is 17.1 Å². The monoisotopic (exact) mass is 380 g/mol. The van der Waals surface area contributed by atoms with E-state index in [2.05, 4.69) is 5.32 Å². The molecule has 1 heterocycles. The van der Waals surface area contributed by atoms with Crippen molar-refractivity contribution < 1.29 is 32.6 Å². The summed E-state index contributed by atoms with van der Waals surface area (Å²) >= 11 is 5.76. The Morgan fingerprint density at radius 3 is 2.44 bits per heavy atom. The number of nitrogens with zero attached hydrogens (tertiary/aromatic N) is 1. The molecule has 1 aromatic carbocycles. The number of alkyl halides is 3. The minimum Gasteiger partial charge on any atom is -0.466 e. The first-order chi connectivity index (χ1) is 11.5. The lowest BCUT2D eigenvalue weighted by atomic mass is 9.81. The summed E-state index contributed by atoms with van der Waals surface area (Å²) in [5.41, 5.74) is -3.56. The third kappa shape index (κ3) is 3.25. The van der Waals surface area contributed by atoms with Gasteiger partial charge in [0.05, 0.1) is 12.6 Å². The summed E-state index contributed by atoms with van der Waals surface area (Å²) in [6.07, 6.45) is -5.29. The Hall–Kier alpha value is -2.00. The Bertz CT molecular complexity index is 668. The topological polar surface area (TPSA) is 78.9 Å². The van der Waals surface area contributed by atoms with E-state index >= 15 is 0 Å². The highest BCUT2D eigenvalue weighted by Crippen LogP contribution is 2.46. The molecule has 0 spiro atoms. The van der Waals surface area contributed by atoms with E-state index in [4.69, 9.17) is 16.3 Å². The molecule has 1 aromatic rings. The third-order valence-electron chi connectivity index (χ3n) is 4.05. The Kier molecular flexibility index (Phi) is 5.19. The maximum atomic E-state index is 13.7. The summed E-state index contributed by atoms with van der Waals surface area (Å²) in [5.74, 6) is -3.41. The highest BCUT2D eigenvalue weighted by Gasteiger charge is 2.69. The van der Waals surface area contributed by atoms with Gasteiger partial charge in [-0.3, -0.25) is 9.69 Å². The predicted molar refractivity (Wildman–Crippen MR) is 81.6 cm³/mol. The first-order valence-electron chi connectivity index (χ1n) is 7.29. The largest absolute Gasteiger partial charge is 0.466 e. The second-order valence-corrected chi connectivity index (χ2v) is 5.93. The van der Waals surface area contributed by atoms with Gasteiger partial charge in [-0.1, -0.05) is 23.7 Å². The van der Waals surface area contributed by atoms with Crippen molar-refractivity contribution in [1.29, 1.82) is 0 Å². The molecule has 138 valence electrons. The summed E-state index contributed by atoms with van der Waals surface area (Å²) in [6, 6.07) is 2.89. The van der Waals surface area contributed by atoms with Crippen LogP contribution in [-0.4, -0.2) is 47.6 Å². The highest BCUT2D eigenvalue weighted by molar-refractivity contribution is 6.30. The fraction of sp³-hybridized carbons (Fsp3) is 0.467. The predicted octanol–water partition coefficient (Wildman–Crippen LogP) is 2.47. The number of nitrogens with one attached hydrogen (secondary N) is 1. The summed E-state index contributed by atoms with van der Waals surface area (Å²) in [4.78, 5) is 24.3. The average Bonchev–Trinajstić information content (AvgIpc) is 2.52. The molecule has 6 nitrogen and oxygen atoms in total. The van der Waals surface area contributed by atoms with Crippen LogP contribution < -0.4 is 5.32 Å². The van der Waals surface area contributed by atoms with Crippen LogP contribution in [0.15, 0.2) is 24.3 Å². The molecular weight excluding hydrogens is 365 g/mol. The van der Waals surface area contributed by atoms with Gasteiger partial charge in [0.2, 0.25) is 0 Å². The van der Waals surface area contributed by atoms with Crippen molar-refractivity contribution in [2.45, 2.75) is 24.9 Å². The Labute approximate surface area is 146 Å². The van der Waals surface area contributed by atoms with Gasteiger partial charge in [-0.15, -0.1) is 0 Å². The zero-order chi connectivity index (χ0) is 19.0. The minimum absolute atomic E-state index is 0.0566. The van der Waals surface area contributed by atoms with Gasteiger partial charge >= 0.3 is 18.2 Å². The number of benzene rings is 1. The lowest BCUT2D eigenvalue weighted by molar-refractivity contribution is -0.328. The van der Waals surface area contributed by atoms with Gasteiger partial charge in [-0.05, 0) is 24.6 Å². The molecule has 1 aliphatic rings. The number of aliphatic hydroxyl groups is 1. The zero-order valence-corrected chi connectivity index (χ0v) is 14.1. The number of amides is 2. The number of hydrogen-bond donors (Lipinski definition) is 2. The van der Waals surface area contributed by atoms with Gasteiger partial charge in [0.1, 0.15) is 5.92 Å². The van der Waals surface area contributed by atoms with E-state index in [1.54, 1.807) is 0 Å². The Morgan fingerprint density at radius 2 is 1.96 bits per heavy atom. The van der Waals surface area contributed by atoms with Crippen LogP contribution in [0.5, 0.6) is 0 Å². The van der Waals surface area contributed by atoms with Gasteiger partial charge in [0.15, 0.2) is 0 Å². The molecular formula is C15H16ClF3N2O4. The molecule has 0 unspecified atom stereocenters. The van der Waals surface area contributed by atoms with Crippen LogP contribution in [0.1, 0.15) is 18.5 Å². The number of carbonyl (C=O) groups excluding carboxylic acids is 2. The Morgan fingerprint density at radius 1 is 1.40 bits per heavy atom. The van der Waals surface area contributed by atoms with Gasteiger partial charge in [-0.25, -0.2) is 4.79 Å². The van der Waals surface area contributed by atoms with Crippen molar-refractivity contribution in [3.8, 4) is 0 Å². The van der Waals surface area contributed by atoms with Gasteiger partial charge in [0.25, 0.3) is 5.72 Å². The van der Waals surface area contributed by atoms with Crippen LogP contribution in [-0.2, 0) is 9.53 Å². The van der Waals surface area contributed by atoms with Crippen LogP contribution in [0, 0.1) is 5.92 Å². The van der Waals surface area contributed by atoms with E-state index in [0.29, 0.717) is 5.02 Å². The minimum atomic E-state index is -5.29. The molecule has 10 heteroatoms. The van der Waals surface area contributed by atoms with Crippen LogP contribution >= 0.6 is 11.6 Å². The van der Waals surface area contributed by atoms with Crippen molar-refractivity contribution in [3.63, 3.8) is 0 Å². The number of rotatable bonds is 3. The Balaban J connectivity index is 2.62. The van der Waals surface area contributed by atoms with Crippen LogP contribution in [0.3, 0.4) is 0 Å². The molecule has 0 saturated carbocycles. The van der Waals surface area contributed by atoms with Crippen molar-refractivity contribution in [2.75, 3.05) is 13.7 Å². The maximum Gasteiger partial charge on any atom is 0.437 e. The van der Waals surface area contributed by atoms with Crippen LogP contribution in [0.2, 0.25) is 5.02 Å². The fourth-order valence-electron chi connectivity index (χ4n) is 2.75. The van der Waals surface area contributed by atoms with E-state index < -0.39 is 35.9 Å². The van der Waals surface area contributed by atoms with Gasteiger partial charge < -0.3 is 15.2 Å². The third-order valence-corrected chi connectivity index (χ3v) is 4.30. The molecule has 0 radical (unpaired) electrons. The molecule has 3 atom stereocenters. The molecule has 2 N–H and O–H groups in total. The number of carbonyl (C=O) groups is 2. The summed E-state index contributed by atoms with van der Waals surface area (Å²) < 4.78 is 45.7. The number of esters is 1. The maximum absolute atomic E-state index is 13.7. The molecule has 0 bridgehead atoms. The van der Waals surface area contributed by atoms with Crippen molar-refractivity contribution >= 4 is 23.6 Å². The first kappa shape index (κ1) is 19.3. The molecule has 25 heavy (non-hydrogen) atoms. The highest BCUT2D eigenvalue weighted by atomic mass is 35.5. The van der Waals surface area contributed by atoms with Gasteiger partial charge in [-0.2, -0.15) is 13.2 Å². The fourth-order valence-corrected chi connectivity index (χ4v) is 2.88. The quantitative estimate of drug-likeness (QED) is 0.790. The van der Waals surface area contributed by atoms with Crippen molar-refractivity contribution in [3.05, 3.63) is 34.9 Å². The van der Waals surface area contributed by atoms with Crippen LogP contribution in [0.4, 0.5) is 18.0 Å². The molecule has 1 saturated heterocycles. The standard InChI is InChI=1S/C15H16ClF3N2O4/c1-3-25-12(22)10-11(8-4-6-9(16)7-5-8)20-13(23)21(2)14(10,24)15(17,18)19/h4-7,10-11,24H,3H2,1-2H3,(H,20,23)/t10-,11-,14+/m0/s1. The first-order valence-corrected chi connectivity index (χ1v) is 7.67. The molecule has 1 fully saturated rings. The van der Waals surface area contributed by atoms with E-state index in [0.717, 1.165) is 7.05 Å². The van der Waals surface area contributed by atoms with Crippen LogP contribution in [0.25, 0.3) is 0 Å². The molecule has 2 rings (SSSR count). The lowest BCUT2D eigenvalue weighted by Crippen LogP contribution is -2.73. The van der Waals surface area contributed by atoms with Crippen molar-refractivity contribution in [1.82, 2.24) is 10.2 Å². The normalized spacial score (nSPS) is 27.0. The lowest BCUT2D eigenvalue weighted by Gasteiger charge is -2.49.